The van der Waals surface area contributed by atoms with Crippen molar-refractivity contribution in [2.75, 3.05) is 19.8 Å². The van der Waals surface area contributed by atoms with Crippen molar-refractivity contribution in [3.63, 3.8) is 0 Å². The molecule has 3 atom stereocenters. The Kier molecular flexibility index (Phi) is 58.4. The molecule has 0 saturated carbocycles. The first kappa shape index (κ1) is 74.5. The molecule has 0 amide bonds. The van der Waals surface area contributed by atoms with Gasteiger partial charge in [0, 0.05) is 12.8 Å². The zero-order chi connectivity index (χ0) is 55.5. The molecule has 0 bridgehead atoms. The van der Waals surface area contributed by atoms with Crippen molar-refractivity contribution in [2.24, 2.45) is 5.73 Å². The maximum absolute atomic E-state index is 12.8. The highest BCUT2D eigenvalue weighted by Crippen LogP contribution is 2.43. The van der Waals surface area contributed by atoms with Gasteiger partial charge in [0.25, 0.3) is 0 Å². The van der Waals surface area contributed by atoms with Gasteiger partial charge in [0.1, 0.15) is 12.6 Å². The van der Waals surface area contributed by atoms with Gasteiger partial charge >= 0.3 is 25.7 Å². The molecule has 0 spiro atoms. The normalized spacial score (nSPS) is 13.2. The van der Waals surface area contributed by atoms with E-state index in [9.17, 15) is 23.8 Å². The minimum atomic E-state index is -4.72. The van der Waals surface area contributed by atoms with Crippen molar-refractivity contribution in [3.05, 3.63) is 0 Å². The Bertz CT molecular complexity index is 1290. The van der Waals surface area contributed by atoms with Gasteiger partial charge < -0.3 is 25.2 Å². The van der Waals surface area contributed by atoms with Crippen molar-refractivity contribution in [2.45, 2.75) is 373 Å². The van der Waals surface area contributed by atoms with Crippen molar-refractivity contribution in [1.82, 2.24) is 0 Å². The molecule has 4 N–H and O–H groups in total. The highest BCUT2D eigenvalue weighted by molar-refractivity contribution is 7.47. The first-order chi connectivity index (χ1) is 37.1. The number of aliphatic carboxylic acids is 1. The maximum atomic E-state index is 12.8. The Morgan fingerprint density at radius 2 is 0.579 bits per heavy atom. The second-order valence-corrected chi connectivity index (χ2v) is 24.4. The number of carboxylic acid groups (broad SMARTS) is 1. The summed E-state index contributed by atoms with van der Waals surface area (Å²) in [5.74, 6) is -2.34. The van der Waals surface area contributed by atoms with Crippen LogP contribution in [0.1, 0.15) is 361 Å². The fraction of sp³-hybridized carbons (Fsp3) is 0.953. The first-order valence-electron chi connectivity index (χ1n) is 33.1. The fourth-order valence-electron chi connectivity index (χ4n) is 10.2. The number of unbranched alkanes of at least 4 members (excludes halogenated alkanes) is 50. The van der Waals surface area contributed by atoms with E-state index in [1.807, 2.05) is 0 Å². The number of rotatable bonds is 64. The molecular weight excluding hydrogens is 974 g/mol. The van der Waals surface area contributed by atoms with E-state index < -0.39 is 51.1 Å². The number of ether oxygens (including phenoxy) is 2. The Labute approximate surface area is 469 Å². The van der Waals surface area contributed by atoms with E-state index >= 15 is 0 Å². The second-order valence-electron chi connectivity index (χ2n) is 23.0. The summed E-state index contributed by atoms with van der Waals surface area (Å²) in [5, 5.41) is 8.97. The van der Waals surface area contributed by atoms with Gasteiger partial charge in [-0.15, -0.1) is 0 Å². The number of phosphoric acid groups is 1. The molecule has 0 fully saturated rings. The molecule has 11 nitrogen and oxygen atoms in total. The molecule has 0 aromatic heterocycles. The standard InChI is InChI=1S/C64H126NO10P/c1-3-5-7-9-11-13-15-17-19-21-23-25-27-29-31-33-35-37-39-41-43-45-47-49-51-53-55-62(66)72-57-60(58-73-76(70,71)74-59-61(65)64(68)69)75-63(67)56-54-52-50-48-46-44-42-40-38-36-34-32-30-28-26-24-22-20-18-16-14-12-10-8-6-4-2/h60-61H,3-59,65H2,1-2H3,(H,68,69)(H,70,71)/t60-,61+/m1/s1. The lowest BCUT2D eigenvalue weighted by Gasteiger charge is -2.20. The number of hydrogen-bond acceptors (Lipinski definition) is 9. The average Bonchev–Trinajstić information content (AvgIpc) is 3.40. The zero-order valence-corrected chi connectivity index (χ0v) is 51.0. The van der Waals surface area contributed by atoms with Crippen LogP contribution in [0, 0.1) is 0 Å². The monoisotopic (exact) mass is 1100 g/mol. The summed E-state index contributed by atoms with van der Waals surface area (Å²) in [6.45, 7) is 2.91. The minimum Gasteiger partial charge on any atom is -0.480 e. The van der Waals surface area contributed by atoms with E-state index in [4.69, 9.17) is 29.4 Å². The number of phosphoric ester groups is 1. The molecule has 0 aliphatic carbocycles. The molecule has 0 saturated heterocycles. The Morgan fingerprint density at radius 1 is 0.355 bits per heavy atom. The second kappa shape index (κ2) is 59.6. The predicted molar refractivity (Wildman–Crippen MR) is 319 cm³/mol. The van der Waals surface area contributed by atoms with Gasteiger partial charge in [0.2, 0.25) is 0 Å². The van der Waals surface area contributed by atoms with Gasteiger partial charge in [-0.3, -0.25) is 23.4 Å². The molecule has 12 heteroatoms. The minimum absolute atomic E-state index is 0.171. The summed E-state index contributed by atoms with van der Waals surface area (Å²) in [6, 6.07) is -1.52. The van der Waals surface area contributed by atoms with E-state index in [2.05, 4.69) is 13.8 Å². The number of carbonyl (C=O) groups is 3. The molecular formula is C64H126NO10P. The number of nitrogens with two attached hydrogens (primary N) is 1. The lowest BCUT2D eigenvalue weighted by Crippen LogP contribution is -2.34. The number of carbonyl (C=O) groups excluding carboxylic acids is 2. The molecule has 1 unspecified atom stereocenters. The van der Waals surface area contributed by atoms with Crippen molar-refractivity contribution >= 4 is 25.7 Å². The van der Waals surface area contributed by atoms with E-state index in [0.717, 1.165) is 38.5 Å². The van der Waals surface area contributed by atoms with Crippen LogP contribution < -0.4 is 5.73 Å². The van der Waals surface area contributed by atoms with Gasteiger partial charge in [-0.05, 0) is 12.8 Å². The predicted octanol–water partition coefficient (Wildman–Crippen LogP) is 20.1. The lowest BCUT2D eigenvalue weighted by atomic mass is 10.0. The van der Waals surface area contributed by atoms with Crippen molar-refractivity contribution < 1.29 is 47.5 Å². The third kappa shape index (κ3) is 58.6. The average molecular weight is 1100 g/mol. The third-order valence-electron chi connectivity index (χ3n) is 15.4. The summed E-state index contributed by atoms with van der Waals surface area (Å²) in [5.41, 5.74) is 5.38. The summed E-state index contributed by atoms with van der Waals surface area (Å²) < 4.78 is 33.1. The summed E-state index contributed by atoms with van der Waals surface area (Å²) in [6.07, 6.45) is 67.7. The Hall–Kier alpha value is -1.52. The molecule has 0 aromatic rings. The quantitative estimate of drug-likeness (QED) is 0.0301. The van der Waals surface area contributed by atoms with Gasteiger partial charge in [-0.1, -0.05) is 335 Å². The van der Waals surface area contributed by atoms with Gasteiger partial charge in [0.15, 0.2) is 6.10 Å². The number of hydrogen-bond donors (Lipinski definition) is 3. The van der Waals surface area contributed by atoms with E-state index in [0.29, 0.717) is 12.8 Å². The van der Waals surface area contributed by atoms with Gasteiger partial charge in [-0.2, -0.15) is 0 Å². The maximum Gasteiger partial charge on any atom is 0.472 e. The van der Waals surface area contributed by atoms with Crippen LogP contribution in [-0.4, -0.2) is 59.9 Å². The van der Waals surface area contributed by atoms with Gasteiger partial charge in [0.05, 0.1) is 13.2 Å². The molecule has 0 heterocycles. The van der Waals surface area contributed by atoms with Crippen LogP contribution in [0.4, 0.5) is 0 Å². The first-order valence-corrected chi connectivity index (χ1v) is 34.6. The number of carboxylic acids is 1. The highest BCUT2D eigenvalue weighted by atomic mass is 31.2. The smallest absolute Gasteiger partial charge is 0.472 e. The molecule has 76 heavy (non-hydrogen) atoms. The molecule has 0 aliphatic rings. The molecule has 0 rings (SSSR count). The summed E-state index contributed by atoms with van der Waals surface area (Å²) in [7, 11) is -4.72. The van der Waals surface area contributed by atoms with Crippen LogP contribution in [0.3, 0.4) is 0 Å². The van der Waals surface area contributed by atoms with Crippen LogP contribution in [0.15, 0.2) is 0 Å². The highest BCUT2D eigenvalue weighted by Gasteiger charge is 2.28. The Balaban J connectivity index is 4.01. The largest absolute Gasteiger partial charge is 0.480 e. The van der Waals surface area contributed by atoms with Crippen LogP contribution in [0.25, 0.3) is 0 Å². The SMILES string of the molecule is CCCCCCCCCCCCCCCCCCCCCCCCCCCCC(=O)OC[C@H](COP(=O)(O)OC[C@H](N)C(=O)O)OC(=O)CCCCCCCCCCCCCCCCCCCCCCCCCCCC. The molecule has 0 aliphatic heterocycles. The molecule has 0 aromatic carbocycles. The summed E-state index contributed by atoms with van der Waals surface area (Å²) >= 11 is 0. The van der Waals surface area contributed by atoms with E-state index in [1.165, 1.54) is 283 Å². The van der Waals surface area contributed by atoms with Crippen LogP contribution in [0.5, 0.6) is 0 Å². The van der Waals surface area contributed by atoms with Gasteiger partial charge in [-0.25, -0.2) is 4.57 Å². The van der Waals surface area contributed by atoms with E-state index in [1.54, 1.807) is 0 Å². The Morgan fingerprint density at radius 3 is 0.829 bits per heavy atom. The van der Waals surface area contributed by atoms with Crippen molar-refractivity contribution in [3.8, 4) is 0 Å². The lowest BCUT2D eigenvalue weighted by molar-refractivity contribution is -0.161. The fourth-order valence-corrected chi connectivity index (χ4v) is 11.0. The third-order valence-corrected chi connectivity index (χ3v) is 16.3. The molecule has 452 valence electrons. The molecule has 0 radical (unpaired) electrons. The van der Waals surface area contributed by atoms with Crippen molar-refractivity contribution in [1.29, 1.82) is 0 Å². The van der Waals surface area contributed by atoms with Crippen LogP contribution in [-0.2, 0) is 37.5 Å². The van der Waals surface area contributed by atoms with E-state index in [-0.39, 0.29) is 19.4 Å². The van der Waals surface area contributed by atoms with Crippen LogP contribution in [0.2, 0.25) is 0 Å². The summed E-state index contributed by atoms with van der Waals surface area (Å²) in [4.78, 5) is 46.5. The number of esters is 2. The zero-order valence-electron chi connectivity index (χ0n) is 50.1. The topological polar surface area (TPSA) is 172 Å². The van der Waals surface area contributed by atoms with Crippen LogP contribution >= 0.6 is 7.82 Å².